The molecule has 14 heavy (non-hydrogen) atoms. The lowest BCUT2D eigenvalue weighted by molar-refractivity contribution is 0.0459. The lowest BCUT2D eigenvalue weighted by Gasteiger charge is -2.24. The predicted octanol–water partition coefficient (Wildman–Crippen LogP) is 0.0545. The minimum absolute atomic E-state index is 0.312. The Kier molecular flexibility index (Phi) is 7.09. The van der Waals surface area contributed by atoms with Gasteiger partial charge in [0.1, 0.15) is 0 Å². The van der Waals surface area contributed by atoms with Gasteiger partial charge in [-0.15, -0.1) is 0 Å². The van der Waals surface area contributed by atoms with Crippen molar-refractivity contribution in [3.8, 4) is 0 Å². The van der Waals surface area contributed by atoms with Gasteiger partial charge in [-0.05, 0) is 27.3 Å². The Morgan fingerprint density at radius 3 is 2.57 bits per heavy atom. The zero-order chi connectivity index (χ0) is 11.0. The van der Waals surface area contributed by atoms with E-state index in [4.69, 9.17) is 10.5 Å². The van der Waals surface area contributed by atoms with E-state index in [1.807, 2.05) is 14.0 Å². The van der Waals surface area contributed by atoms with Gasteiger partial charge in [-0.25, -0.2) is 0 Å². The molecule has 0 radical (unpaired) electrons. The van der Waals surface area contributed by atoms with Crippen molar-refractivity contribution >= 4 is 0 Å². The first-order chi connectivity index (χ1) is 6.52. The number of rotatable bonds is 8. The first-order valence-corrected chi connectivity index (χ1v) is 5.20. The van der Waals surface area contributed by atoms with Gasteiger partial charge >= 0.3 is 0 Å². The highest BCUT2D eigenvalue weighted by atomic mass is 16.5. The maximum Gasteiger partial charge on any atom is 0.0753 e. The number of nitrogens with two attached hydrogens (primary N) is 1. The highest BCUT2D eigenvalue weighted by Gasteiger charge is 2.17. The molecular formula is C10H24N2O2. The van der Waals surface area contributed by atoms with Crippen LogP contribution in [-0.2, 0) is 4.74 Å². The molecular weight excluding hydrogens is 180 g/mol. The third-order valence-electron chi connectivity index (χ3n) is 2.29. The van der Waals surface area contributed by atoms with Crippen LogP contribution in [0.4, 0.5) is 0 Å². The van der Waals surface area contributed by atoms with Crippen LogP contribution in [0.2, 0.25) is 0 Å². The lowest BCUT2D eigenvalue weighted by Crippen LogP contribution is -2.38. The van der Waals surface area contributed by atoms with Gasteiger partial charge in [-0.3, -0.25) is 0 Å². The number of likely N-dealkylation sites (N-methyl/N-ethyl adjacent to an activating group) is 1. The molecule has 1 atom stereocenters. The van der Waals surface area contributed by atoms with Gasteiger partial charge in [-0.2, -0.15) is 0 Å². The number of nitrogens with zero attached hydrogens (tertiary/aromatic N) is 1. The van der Waals surface area contributed by atoms with Gasteiger partial charge in [0, 0.05) is 26.2 Å². The van der Waals surface area contributed by atoms with Crippen LogP contribution in [0.25, 0.3) is 0 Å². The summed E-state index contributed by atoms with van der Waals surface area (Å²) in [5.74, 6) is 0. The molecule has 0 aliphatic rings. The number of hydrogen-bond donors (Lipinski definition) is 2. The molecule has 0 bridgehead atoms. The van der Waals surface area contributed by atoms with Crippen LogP contribution in [0.5, 0.6) is 0 Å². The highest BCUT2D eigenvalue weighted by molar-refractivity contribution is 4.74. The second kappa shape index (κ2) is 7.17. The summed E-state index contributed by atoms with van der Waals surface area (Å²) in [4.78, 5) is 2.14. The van der Waals surface area contributed by atoms with E-state index < -0.39 is 5.60 Å². The largest absolute Gasteiger partial charge is 0.389 e. The Bertz CT molecular complexity index is 140. The van der Waals surface area contributed by atoms with Crippen LogP contribution in [-0.4, -0.2) is 55.5 Å². The molecule has 4 nitrogen and oxygen atoms in total. The summed E-state index contributed by atoms with van der Waals surface area (Å²) in [5, 5.41) is 9.66. The first-order valence-electron chi connectivity index (χ1n) is 5.20. The third kappa shape index (κ3) is 7.26. The van der Waals surface area contributed by atoms with Gasteiger partial charge < -0.3 is 20.5 Å². The van der Waals surface area contributed by atoms with E-state index in [0.29, 0.717) is 13.0 Å². The number of aliphatic hydroxyl groups is 1. The Balaban J connectivity index is 3.48. The van der Waals surface area contributed by atoms with Gasteiger partial charge in [-0.1, -0.05) is 0 Å². The van der Waals surface area contributed by atoms with Crippen molar-refractivity contribution in [2.75, 3.05) is 39.9 Å². The summed E-state index contributed by atoms with van der Waals surface area (Å²) < 4.78 is 5.23. The van der Waals surface area contributed by atoms with Gasteiger partial charge in [0.05, 0.1) is 12.2 Å². The van der Waals surface area contributed by atoms with Crippen molar-refractivity contribution < 1.29 is 9.84 Å². The van der Waals surface area contributed by atoms with Gasteiger partial charge in [0.15, 0.2) is 0 Å². The molecule has 3 N–H and O–H groups in total. The molecule has 0 saturated carbocycles. The van der Waals surface area contributed by atoms with Crippen molar-refractivity contribution in [2.24, 2.45) is 5.73 Å². The molecule has 4 heteroatoms. The van der Waals surface area contributed by atoms with Crippen LogP contribution in [0.3, 0.4) is 0 Å². The molecule has 0 fully saturated rings. The quantitative estimate of drug-likeness (QED) is 0.549. The maximum atomic E-state index is 9.66. The molecule has 0 saturated heterocycles. The van der Waals surface area contributed by atoms with E-state index in [1.165, 1.54) is 0 Å². The Labute approximate surface area is 87.0 Å². The smallest absolute Gasteiger partial charge is 0.0753 e. The Hall–Kier alpha value is -0.160. The van der Waals surface area contributed by atoms with Crippen molar-refractivity contribution in [2.45, 2.75) is 25.9 Å². The first kappa shape index (κ1) is 13.8. The minimum Gasteiger partial charge on any atom is -0.389 e. The van der Waals surface area contributed by atoms with Crippen molar-refractivity contribution in [3.05, 3.63) is 0 Å². The second-order valence-corrected chi connectivity index (χ2v) is 3.95. The Morgan fingerprint density at radius 1 is 1.43 bits per heavy atom. The average Bonchev–Trinajstić information content (AvgIpc) is 2.16. The summed E-state index contributed by atoms with van der Waals surface area (Å²) in [6.07, 6.45) is 0.701. The van der Waals surface area contributed by atoms with Crippen molar-refractivity contribution in [3.63, 3.8) is 0 Å². The third-order valence-corrected chi connectivity index (χ3v) is 2.29. The minimum atomic E-state index is -0.736. The lowest BCUT2D eigenvalue weighted by atomic mass is 10.0. The van der Waals surface area contributed by atoms with E-state index in [-0.39, 0.29) is 0 Å². The molecule has 0 aromatic heterocycles. The fraction of sp³-hybridized carbons (Fsp3) is 1.00. The topological polar surface area (TPSA) is 58.7 Å². The monoisotopic (exact) mass is 204 g/mol. The van der Waals surface area contributed by atoms with Gasteiger partial charge in [0.25, 0.3) is 0 Å². The zero-order valence-corrected chi connectivity index (χ0v) is 9.62. The molecule has 0 aliphatic carbocycles. The summed E-state index contributed by atoms with van der Waals surface area (Å²) in [7, 11) is 2.02. The molecule has 0 spiro atoms. The molecule has 0 aromatic rings. The summed E-state index contributed by atoms with van der Waals surface area (Å²) in [6.45, 7) is 7.31. The molecule has 0 amide bonds. The van der Waals surface area contributed by atoms with E-state index in [0.717, 1.165) is 26.3 Å². The molecule has 0 aliphatic heterocycles. The Morgan fingerprint density at radius 2 is 2.07 bits per heavy atom. The van der Waals surface area contributed by atoms with E-state index in [1.54, 1.807) is 6.92 Å². The average molecular weight is 204 g/mol. The molecule has 0 rings (SSSR count). The van der Waals surface area contributed by atoms with Gasteiger partial charge in [0.2, 0.25) is 0 Å². The van der Waals surface area contributed by atoms with E-state index in [9.17, 15) is 5.11 Å². The standard InChI is InChI=1S/C10H24N2O2/c1-4-14-8-7-12(3)6-5-10(2,13)9-11/h13H,4-9,11H2,1-3H3. The van der Waals surface area contributed by atoms with E-state index in [2.05, 4.69) is 4.90 Å². The molecule has 86 valence electrons. The number of ether oxygens (including phenoxy) is 1. The fourth-order valence-electron chi connectivity index (χ4n) is 1.01. The van der Waals surface area contributed by atoms with Crippen LogP contribution >= 0.6 is 0 Å². The summed E-state index contributed by atoms with van der Waals surface area (Å²) in [5.41, 5.74) is 4.68. The molecule has 0 aromatic carbocycles. The van der Waals surface area contributed by atoms with E-state index >= 15 is 0 Å². The number of hydrogen-bond acceptors (Lipinski definition) is 4. The zero-order valence-electron chi connectivity index (χ0n) is 9.62. The molecule has 0 heterocycles. The van der Waals surface area contributed by atoms with Crippen molar-refractivity contribution in [1.82, 2.24) is 4.90 Å². The van der Waals surface area contributed by atoms with Crippen LogP contribution in [0.1, 0.15) is 20.3 Å². The second-order valence-electron chi connectivity index (χ2n) is 3.95. The summed E-state index contributed by atoms with van der Waals surface area (Å²) >= 11 is 0. The van der Waals surface area contributed by atoms with Crippen molar-refractivity contribution in [1.29, 1.82) is 0 Å². The maximum absolute atomic E-state index is 9.66. The summed E-state index contributed by atoms with van der Waals surface area (Å²) in [6, 6.07) is 0. The van der Waals surface area contributed by atoms with Crippen LogP contribution in [0, 0.1) is 0 Å². The fourth-order valence-corrected chi connectivity index (χ4v) is 1.01. The highest BCUT2D eigenvalue weighted by Crippen LogP contribution is 2.06. The predicted molar refractivity (Wildman–Crippen MR) is 58.3 cm³/mol. The van der Waals surface area contributed by atoms with Crippen LogP contribution < -0.4 is 5.73 Å². The SMILES string of the molecule is CCOCCN(C)CCC(C)(O)CN. The molecule has 1 unspecified atom stereocenters. The normalized spacial score (nSPS) is 15.9. The van der Waals surface area contributed by atoms with Crippen LogP contribution in [0.15, 0.2) is 0 Å².